The van der Waals surface area contributed by atoms with Crippen molar-refractivity contribution >= 4 is 22.2 Å². The molecule has 0 amide bonds. The zero-order chi connectivity index (χ0) is 17.6. The third kappa shape index (κ3) is 4.32. The van der Waals surface area contributed by atoms with Crippen LogP contribution in [0.2, 0.25) is 0 Å². The fourth-order valence-corrected chi connectivity index (χ4v) is 2.70. The monoisotopic (exact) mass is 348 g/mol. The number of carbonyl (C=O) groups is 1. The number of nitrogens with zero attached hydrogens (tertiary/aromatic N) is 1. The van der Waals surface area contributed by atoms with Crippen LogP contribution in [0.5, 0.6) is 5.75 Å². The molecule has 0 unspecified atom stereocenters. The van der Waals surface area contributed by atoms with Gasteiger partial charge < -0.3 is 9.84 Å². The van der Waals surface area contributed by atoms with Gasteiger partial charge in [0.15, 0.2) is 0 Å². The maximum Gasteiger partial charge on any atom is 0.336 e. The minimum atomic E-state index is -3.85. The maximum absolute atomic E-state index is 12.1. The molecule has 2 N–H and O–H groups in total. The number of rotatable bonds is 7. The Morgan fingerprint density at radius 3 is 2.50 bits per heavy atom. The molecule has 2 aromatic carbocycles. The Morgan fingerprint density at radius 1 is 1.21 bits per heavy atom. The molecule has 0 spiro atoms. The first kappa shape index (κ1) is 17.5. The number of hydrogen-bond acceptors (Lipinski definition) is 5. The van der Waals surface area contributed by atoms with E-state index in [0.29, 0.717) is 17.9 Å². The van der Waals surface area contributed by atoms with E-state index >= 15 is 0 Å². The lowest BCUT2D eigenvalue weighted by Gasteiger charge is -2.06. The summed E-state index contributed by atoms with van der Waals surface area (Å²) in [6.07, 6.45) is 1.15. The van der Waals surface area contributed by atoms with Crippen molar-refractivity contribution in [2.24, 2.45) is 5.10 Å². The largest absolute Gasteiger partial charge is 0.494 e. The molecule has 0 saturated heterocycles. The van der Waals surface area contributed by atoms with E-state index in [2.05, 4.69) is 5.10 Å². The highest BCUT2D eigenvalue weighted by molar-refractivity contribution is 7.89. The van der Waals surface area contributed by atoms with Gasteiger partial charge in [0.05, 0.1) is 23.3 Å². The summed E-state index contributed by atoms with van der Waals surface area (Å²) in [5, 5.41) is 12.7. The van der Waals surface area contributed by atoms with Gasteiger partial charge >= 0.3 is 5.97 Å². The van der Waals surface area contributed by atoms with Crippen LogP contribution in [0.1, 0.15) is 22.8 Å². The second-order valence-electron chi connectivity index (χ2n) is 4.65. The van der Waals surface area contributed by atoms with Crippen LogP contribution in [-0.4, -0.2) is 32.3 Å². The minimum Gasteiger partial charge on any atom is -0.494 e. The first-order valence-corrected chi connectivity index (χ1v) is 8.52. The Labute approximate surface area is 139 Å². The van der Waals surface area contributed by atoms with Gasteiger partial charge in [-0.2, -0.15) is 13.5 Å². The van der Waals surface area contributed by atoms with E-state index in [1.165, 1.54) is 24.3 Å². The molecular formula is C16H16N2O5S. The zero-order valence-corrected chi connectivity index (χ0v) is 13.7. The summed E-state index contributed by atoms with van der Waals surface area (Å²) in [5.74, 6) is -0.554. The van der Waals surface area contributed by atoms with Gasteiger partial charge in [-0.1, -0.05) is 18.2 Å². The van der Waals surface area contributed by atoms with Crippen molar-refractivity contribution in [1.29, 1.82) is 0 Å². The van der Waals surface area contributed by atoms with Crippen LogP contribution in [-0.2, 0) is 10.0 Å². The normalized spacial score (nSPS) is 11.4. The number of ether oxygens (including phenoxy) is 1. The fraction of sp³-hybridized carbons (Fsp3) is 0.125. The highest BCUT2D eigenvalue weighted by Crippen LogP contribution is 2.15. The molecular weight excluding hydrogens is 332 g/mol. The van der Waals surface area contributed by atoms with Crippen LogP contribution >= 0.6 is 0 Å². The summed E-state index contributed by atoms with van der Waals surface area (Å²) in [7, 11) is -3.85. The van der Waals surface area contributed by atoms with Crippen LogP contribution in [0.3, 0.4) is 0 Å². The molecule has 2 rings (SSSR count). The molecule has 0 aromatic heterocycles. The molecule has 0 aliphatic carbocycles. The molecule has 0 radical (unpaired) electrons. The van der Waals surface area contributed by atoms with Crippen molar-refractivity contribution < 1.29 is 23.1 Å². The Balaban J connectivity index is 2.14. The van der Waals surface area contributed by atoms with Crippen molar-refractivity contribution in [3.05, 3.63) is 59.7 Å². The second kappa shape index (κ2) is 7.60. The van der Waals surface area contributed by atoms with Crippen LogP contribution in [0.4, 0.5) is 0 Å². The van der Waals surface area contributed by atoms with Gasteiger partial charge in [-0.05, 0) is 37.3 Å². The molecule has 0 aliphatic rings. The fourth-order valence-electron chi connectivity index (χ4n) is 1.90. The van der Waals surface area contributed by atoms with Gasteiger partial charge in [0.2, 0.25) is 0 Å². The molecule has 0 bridgehead atoms. The van der Waals surface area contributed by atoms with Crippen LogP contribution < -0.4 is 9.57 Å². The van der Waals surface area contributed by atoms with Crippen molar-refractivity contribution in [1.82, 2.24) is 4.83 Å². The Morgan fingerprint density at radius 2 is 1.88 bits per heavy atom. The lowest BCUT2D eigenvalue weighted by Crippen LogP contribution is -2.18. The van der Waals surface area contributed by atoms with Crippen LogP contribution in [0.25, 0.3) is 0 Å². The molecule has 0 atom stereocenters. The van der Waals surface area contributed by atoms with Gasteiger partial charge in [0, 0.05) is 5.56 Å². The van der Waals surface area contributed by atoms with Crippen molar-refractivity contribution in [3.63, 3.8) is 0 Å². The van der Waals surface area contributed by atoms with E-state index in [0.717, 1.165) is 6.21 Å². The average Bonchev–Trinajstić information content (AvgIpc) is 2.56. The topological polar surface area (TPSA) is 105 Å². The number of sulfonamides is 1. The Hall–Kier alpha value is -2.87. The van der Waals surface area contributed by atoms with E-state index in [9.17, 15) is 13.2 Å². The summed E-state index contributed by atoms with van der Waals surface area (Å²) in [6, 6.07) is 12.0. The molecule has 0 saturated carbocycles. The van der Waals surface area contributed by atoms with Gasteiger partial charge in [-0.25, -0.2) is 9.63 Å². The zero-order valence-electron chi connectivity index (χ0n) is 12.8. The molecule has 0 heterocycles. The standard InChI is InChI=1S/C16H16N2O5S/c1-2-23-13-7-9-14(10-8-13)24(21,22)18-17-11-12-5-3-4-6-15(12)16(19)20/h3-11,18H,2H2,1H3,(H,19,20). The summed E-state index contributed by atoms with van der Waals surface area (Å²) < 4.78 is 29.5. The van der Waals surface area contributed by atoms with Gasteiger partial charge in [-0.15, -0.1) is 0 Å². The number of aromatic carboxylic acids is 1. The minimum absolute atomic E-state index is 0.0228. The van der Waals surface area contributed by atoms with E-state index in [1.807, 2.05) is 11.8 Å². The van der Waals surface area contributed by atoms with E-state index in [4.69, 9.17) is 9.84 Å². The van der Waals surface area contributed by atoms with Gasteiger partial charge in [0.1, 0.15) is 5.75 Å². The maximum atomic E-state index is 12.1. The molecule has 7 nitrogen and oxygen atoms in total. The first-order valence-electron chi connectivity index (χ1n) is 7.04. The van der Waals surface area contributed by atoms with Crippen molar-refractivity contribution in [3.8, 4) is 5.75 Å². The Bertz CT molecular complexity index is 845. The third-order valence-electron chi connectivity index (χ3n) is 3.01. The van der Waals surface area contributed by atoms with Gasteiger partial charge in [-0.3, -0.25) is 0 Å². The van der Waals surface area contributed by atoms with Crippen molar-refractivity contribution in [2.45, 2.75) is 11.8 Å². The number of hydrazone groups is 1. The average molecular weight is 348 g/mol. The van der Waals surface area contributed by atoms with Crippen LogP contribution in [0.15, 0.2) is 58.5 Å². The molecule has 24 heavy (non-hydrogen) atoms. The SMILES string of the molecule is CCOc1ccc(S(=O)(=O)NN=Cc2ccccc2C(=O)O)cc1. The lowest BCUT2D eigenvalue weighted by atomic mass is 10.1. The molecule has 126 valence electrons. The third-order valence-corrected chi connectivity index (χ3v) is 4.25. The summed E-state index contributed by atoms with van der Waals surface area (Å²) >= 11 is 0. The van der Waals surface area contributed by atoms with E-state index < -0.39 is 16.0 Å². The first-order chi connectivity index (χ1) is 11.4. The number of hydrogen-bond donors (Lipinski definition) is 2. The lowest BCUT2D eigenvalue weighted by molar-refractivity contribution is 0.0696. The number of nitrogens with one attached hydrogen (secondary N) is 1. The van der Waals surface area contributed by atoms with Crippen LogP contribution in [0, 0.1) is 0 Å². The molecule has 2 aromatic rings. The van der Waals surface area contributed by atoms with E-state index in [-0.39, 0.29) is 10.5 Å². The smallest absolute Gasteiger partial charge is 0.336 e. The molecule has 8 heteroatoms. The highest BCUT2D eigenvalue weighted by atomic mass is 32.2. The summed E-state index contributed by atoms with van der Waals surface area (Å²) in [4.78, 5) is 13.1. The quantitative estimate of drug-likeness (QED) is 0.589. The number of benzene rings is 2. The second-order valence-corrected chi connectivity index (χ2v) is 6.31. The number of carboxylic acid groups (broad SMARTS) is 1. The molecule has 0 fully saturated rings. The summed E-state index contributed by atoms with van der Waals surface area (Å²) in [5.41, 5.74) is 0.320. The predicted molar refractivity (Wildman–Crippen MR) is 88.9 cm³/mol. The predicted octanol–water partition coefficient (Wildman–Crippen LogP) is 2.10. The van der Waals surface area contributed by atoms with Crippen molar-refractivity contribution in [2.75, 3.05) is 6.61 Å². The Kier molecular flexibility index (Phi) is 5.54. The summed E-state index contributed by atoms with van der Waals surface area (Å²) in [6.45, 7) is 2.31. The highest BCUT2D eigenvalue weighted by Gasteiger charge is 2.13. The molecule has 0 aliphatic heterocycles. The van der Waals surface area contributed by atoms with E-state index in [1.54, 1.807) is 24.3 Å². The number of carboxylic acids is 1. The van der Waals surface area contributed by atoms with Gasteiger partial charge in [0.25, 0.3) is 10.0 Å².